The Kier molecular flexibility index (Phi) is 3.82. The predicted octanol–water partition coefficient (Wildman–Crippen LogP) is 3.36. The first-order valence-corrected chi connectivity index (χ1v) is 9.73. The number of rotatable bonds is 3. The number of hydrogen-bond acceptors (Lipinski definition) is 5. The maximum absolute atomic E-state index is 13.2. The van der Waals surface area contributed by atoms with Crippen LogP contribution >= 0.6 is 11.7 Å². The van der Waals surface area contributed by atoms with Gasteiger partial charge in [-0.25, -0.2) is 12.8 Å². The molecule has 5 nitrogen and oxygen atoms in total. The lowest BCUT2D eigenvalue weighted by molar-refractivity contribution is 0.397. The van der Waals surface area contributed by atoms with Gasteiger partial charge in [0.1, 0.15) is 21.7 Å². The molecule has 1 aliphatic heterocycles. The summed E-state index contributed by atoms with van der Waals surface area (Å²) < 4.78 is 49.3. The van der Waals surface area contributed by atoms with Gasteiger partial charge >= 0.3 is 0 Å². The number of halogens is 1. The van der Waals surface area contributed by atoms with E-state index in [0.29, 0.717) is 17.6 Å². The number of benzene rings is 2. The molecule has 124 valence electrons. The molecule has 0 bridgehead atoms. The summed E-state index contributed by atoms with van der Waals surface area (Å²) in [4.78, 5) is 0.183. The Hall–Kier alpha value is -1.90. The van der Waals surface area contributed by atoms with Crippen LogP contribution in [0.15, 0.2) is 47.4 Å². The van der Waals surface area contributed by atoms with Gasteiger partial charge in [0, 0.05) is 6.54 Å². The zero-order valence-corrected chi connectivity index (χ0v) is 14.2. The summed E-state index contributed by atoms with van der Waals surface area (Å²) in [5.41, 5.74) is 1.80. The second-order valence-electron chi connectivity index (χ2n) is 5.71. The minimum absolute atomic E-state index is 0.183. The van der Waals surface area contributed by atoms with Crippen molar-refractivity contribution < 1.29 is 12.8 Å². The standard InChI is InChI=1S/C16H14FN3O2S2/c17-12-8-6-11(7-9-12)14-4-2-10-20(14)24(21,22)15-5-1-3-13-16(15)19-23-18-13/h1,3,5-9,14H,2,4,10H2. The van der Waals surface area contributed by atoms with Crippen LogP contribution in [0.1, 0.15) is 24.4 Å². The Morgan fingerprint density at radius 3 is 2.71 bits per heavy atom. The minimum Gasteiger partial charge on any atom is -0.207 e. The third kappa shape index (κ3) is 2.51. The molecule has 3 aromatic rings. The van der Waals surface area contributed by atoms with E-state index in [4.69, 9.17) is 0 Å². The molecule has 0 spiro atoms. The van der Waals surface area contributed by atoms with E-state index >= 15 is 0 Å². The number of aromatic nitrogens is 2. The van der Waals surface area contributed by atoms with Crippen LogP contribution in [0.5, 0.6) is 0 Å². The van der Waals surface area contributed by atoms with Crippen LogP contribution < -0.4 is 0 Å². The molecule has 0 aliphatic carbocycles. The van der Waals surface area contributed by atoms with Crippen LogP contribution in [0.2, 0.25) is 0 Å². The SMILES string of the molecule is O=S(=O)(c1cccc2nsnc12)N1CCCC1c1ccc(F)cc1. The highest BCUT2D eigenvalue weighted by molar-refractivity contribution is 7.89. The van der Waals surface area contributed by atoms with Gasteiger partial charge in [-0.2, -0.15) is 13.1 Å². The maximum atomic E-state index is 13.2. The fourth-order valence-corrected chi connectivity index (χ4v) is 5.60. The van der Waals surface area contributed by atoms with Crippen molar-refractivity contribution in [2.24, 2.45) is 0 Å². The molecule has 2 aromatic carbocycles. The summed E-state index contributed by atoms with van der Waals surface area (Å²) in [7, 11) is -3.70. The monoisotopic (exact) mass is 363 g/mol. The van der Waals surface area contributed by atoms with Crippen LogP contribution in [0.3, 0.4) is 0 Å². The first-order chi connectivity index (χ1) is 11.6. The molecule has 0 amide bonds. The van der Waals surface area contributed by atoms with E-state index in [-0.39, 0.29) is 16.8 Å². The summed E-state index contributed by atoms with van der Waals surface area (Å²) in [5.74, 6) is -0.329. The van der Waals surface area contributed by atoms with Crippen LogP contribution in [0, 0.1) is 5.82 Å². The zero-order chi connectivity index (χ0) is 16.7. The Bertz CT molecular complexity index is 986. The molecule has 2 heterocycles. The van der Waals surface area contributed by atoms with Crippen LogP contribution in [0.25, 0.3) is 11.0 Å². The smallest absolute Gasteiger partial charge is 0.207 e. The Labute approximate surface area is 143 Å². The molecule has 1 saturated heterocycles. The van der Waals surface area contributed by atoms with Gasteiger partial charge in [0.05, 0.1) is 17.8 Å². The highest BCUT2D eigenvalue weighted by atomic mass is 32.2. The lowest BCUT2D eigenvalue weighted by Crippen LogP contribution is -2.30. The highest BCUT2D eigenvalue weighted by Gasteiger charge is 2.37. The summed E-state index contributed by atoms with van der Waals surface area (Å²) in [6.45, 7) is 0.443. The molecule has 8 heteroatoms. The van der Waals surface area contributed by atoms with E-state index in [1.807, 2.05) is 0 Å². The lowest BCUT2D eigenvalue weighted by Gasteiger charge is -2.24. The quantitative estimate of drug-likeness (QED) is 0.716. The van der Waals surface area contributed by atoms with Gasteiger partial charge in [0.15, 0.2) is 0 Å². The van der Waals surface area contributed by atoms with Crippen LogP contribution in [-0.4, -0.2) is 28.0 Å². The van der Waals surface area contributed by atoms with Crippen LogP contribution in [-0.2, 0) is 10.0 Å². The van der Waals surface area contributed by atoms with Crippen molar-refractivity contribution in [3.8, 4) is 0 Å². The lowest BCUT2D eigenvalue weighted by atomic mass is 10.1. The summed E-state index contributed by atoms with van der Waals surface area (Å²) in [6, 6.07) is 10.8. The van der Waals surface area contributed by atoms with Gasteiger partial charge in [-0.1, -0.05) is 18.2 Å². The number of hydrogen-bond donors (Lipinski definition) is 0. The summed E-state index contributed by atoms with van der Waals surface area (Å²) >= 11 is 1.000. The van der Waals surface area contributed by atoms with Gasteiger partial charge in [0.25, 0.3) is 0 Å². The van der Waals surface area contributed by atoms with E-state index in [9.17, 15) is 12.8 Å². The Morgan fingerprint density at radius 1 is 1.12 bits per heavy atom. The highest BCUT2D eigenvalue weighted by Crippen LogP contribution is 2.37. The van der Waals surface area contributed by atoms with Crippen molar-refractivity contribution in [2.75, 3.05) is 6.54 Å². The van der Waals surface area contributed by atoms with Gasteiger partial charge in [-0.05, 0) is 42.7 Å². The predicted molar refractivity (Wildman–Crippen MR) is 89.7 cm³/mol. The number of fused-ring (bicyclic) bond motifs is 1. The van der Waals surface area contributed by atoms with Gasteiger partial charge < -0.3 is 0 Å². The fourth-order valence-electron chi connectivity index (χ4n) is 3.16. The third-order valence-electron chi connectivity index (χ3n) is 4.29. The van der Waals surface area contributed by atoms with Crippen molar-refractivity contribution in [3.05, 3.63) is 53.8 Å². The van der Waals surface area contributed by atoms with Crippen molar-refractivity contribution in [2.45, 2.75) is 23.8 Å². The Balaban J connectivity index is 1.78. The van der Waals surface area contributed by atoms with E-state index in [1.165, 1.54) is 16.4 Å². The number of nitrogens with zero attached hydrogens (tertiary/aromatic N) is 3. The first kappa shape index (κ1) is 15.6. The minimum atomic E-state index is -3.70. The normalized spacial score (nSPS) is 19.1. The largest absolute Gasteiger partial charge is 0.245 e. The molecular weight excluding hydrogens is 349 g/mol. The van der Waals surface area contributed by atoms with E-state index in [1.54, 1.807) is 30.3 Å². The van der Waals surface area contributed by atoms with Gasteiger partial charge in [-0.3, -0.25) is 0 Å². The average Bonchev–Trinajstić information content (AvgIpc) is 3.24. The van der Waals surface area contributed by atoms with Crippen molar-refractivity contribution in [1.82, 2.24) is 13.1 Å². The van der Waals surface area contributed by atoms with Crippen molar-refractivity contribution >= 4 is 32.8 Å². The second kappa shape index (κ2) is 5.87. The number of sulfonamides is 1. The van der Waals surface area contributed by atoms with Crippen LogP contribution in [0.4, 0.5) is 4.39 Å². The molecule has 1 aliphatic rings. The van der Waals surface area contributed by atoms with E-state index < -0.39 is 10.0 Å². The molecule has 0 saturated carbocycles. The topological polar surface area (TPSA) is 63.2 Å². The molecule has 1 aromatic heterocycles. The van der Waals surface area contributed by atoms with Crippen molar-refractivity contribution in [1.29, 1.82) is 0 Å². The molecular formula is C16H14FN3O2S2. The van der Waals surface area contributed by atoms with Crippen molar-refractivity contribution in [3.63, 3.8) is 0 Å². The maximum Gasteiger partial charge on any atom is 0.245 e. The molecule has 1 atom stereocenters. The third-order valence-corrected chi connectivity index (χ3v) is 6.78. The van der Waals surface area contributed by atoms with Gasteiger partial charge in [0.2, 0.25) is 10.0 Å². The fraction of sp³-hybridized carbons (Fsp3) is 0.250. The summed E-state index contributed by atoms with van der Waals surface area (Å²) in [5, 5.41) is 0. The molecule has 0 N–H and O–H groups in total. The second-order valence-corrected chi connectivity index (χ2v) is 8.10. The molecule has 24 heavy (non-hydrogen) atoms. The molecule has 1 unspecified atom stereocenters. The first-order valence-electron chi connectivity index (χ1n) is 7.56. The van der Waals surface area contributed by atoms with Gasteiger partial charge in [-0.15, -0.1) is 0 Å². The Morgan fingerprint density at radius 2 is 1.92 bits per heavy atom. The average molecular weight is 363 g/mol. The summed E-state index contributed by atoms with van der Waals surface area (Å²) in [6.07, 6.45) is 1.49. The zero-order valence-electron chi connectivity index (χ0n) is 12.6. The van der Waals surface area contributed by atoms with E-state index in [0.717, 1.165) is 30.1 Å². The molecule has 4 rings (SSSR count). The van der Waals surface area contributed by atoms with E-state index in [2.05, 4.69) is 8.75 Å². The molecule has 1 fully saturated rings. The molecule has 0 radical (unpaired) electrons.